The summed E-state index contributed by atoms with van der Waals surface area (Å²) < 4.78 is 5.25. The predicted octanol–water partition coefficient (Wildman–Crippen LogP) is 0.947. The van der Waals surface area contributed by atoms with Crippen LogP contribution >= 0.6 is 0 Å². The lowest BCUT2D eigenvalue weighted by Crippen LogP contribution is -2.39. The molecule has 5 nitrogen and oxygen atoms in total. The number of nitrogens with one attached hydrogen (secondary N) is 1. The van der Waals surface area contributed by atoms with Crippen molar-refractivity contribution in [2.45, 2.75) is 32.6 Å². The zero-order chi connectivity index (χ0) is 12.3. The van der Waals surface area contributed by atoms with E-state index in [0.29, 0.717) is 13.0 Å². The van der Waals surface area contributed by atoms with Crippen LogP contribution < -0.4 is 5.48 Å². The number of carbonyl (C=O) groups excluding carboxylic acids is 1. The summed E-state index contributed by atoms with van der Waals surface area (Å²) in [4.78, 5) is 18.7. The van der Waals surface area contributed by atoms with E-state index in [9.17, 15) is 4.79 Å². The standard InChI is InChI=1S/C12H24N2O3/c1-2-3-4-5-12(15)13-17-11-8-14-6-9-16-10-7-14/h2-11H2,1H3,(H,13,15). The van der Waals surface area contributed by atoms with E-state index in [1.807, 2.05) is 0 Å². The molecular weight excluding hydrogens is 220 g/mol. The Bertz CT molecular complexity index is 206. The largest absolute Gasteiger partial charge is 0.379 e. The highest BCUT2D eigenvalue weighted by Gasteiger charge is 2.09. The van der Waals surface area contributed by atoms with Gasteiger partial charge in [0.2, 0.25) is 5.91 Å². The van der Waals surface area contributed by atoms with Gasteiger partial charge in [-0.2, -0.15) is 0 Å². The molecule has 0 aromatic carbocycles. The molecule has 0 spiro atoms. The number of carbonyl (C=O) groups is 1. The van der Waals surface area contributed by atoms with Crippen LogP contribution in [0.5, 0.6) is 0 Å². The van der Waals surface area contributed by atoms with Crippen molar-refractivity contribution >= 4 is 5.91 Å². The Morgan fingerprint density at radius 2 is 2.12 bits per heavy atom. The molecule has 1 saturated heterocycles. The molecule has 0 aromatic heterocycles. The molecule has 0 radical (unpaired) electrons. The molecule has 0 aliphatic carbocycles. The smallest absolute Gasteiger partial charge is 0.243 e. The van der Waals surface area contributed by atoms with Gasteiger partial charge in [0.1, 0.15) is 0 Å². The molecule has 0 aromatic rings. The van der Waals surface area contributed by atoms with Gasteiger partial charge in [-0.05, 0) is 6.42 Å². The van der Waals surface area contributed by atoms with E-state index in [1.54, 1.807) is 0 Å². The van der Waals surface area contributed by atoms with Crippen molar-refractivity contribution in [2.75, 3.05) is 39.5 Å². The molecule has 1 aliphatic heterocycles. The van der Waals surface area contributed by atoms with Crippen molar-refractivity contribution in [1.82, 2.24) is 10.4 Å². The zero-order valence-electron chi connectivity index (χ0n) is 10.7. The zero-order valence-corrected chi connectivity index (χ0v) is 10.7. The van der Waals surface area contributed by atoms with Crippen LogP contribution in [0.4, 0.5) is 0 Å². The summed E-state index contributed by atoms with van der Waals surface area (Å²) in [5.74, 6) is -0.0135. The molecule has 1 amide bonds. The van der Waals surface area contributed by atoms with E-state index in [-0.39, 0.29) is 5.91 Å². The molecule has 0 saturated carbocycles. The average Bonchev–Trinajstić information content (AvgIpc) is 2.36. The van der Waals surface area contributed by atoms with Gasteiger partial charge in [-0.15, -0.1) is 0 Å². The Labute approximate surface area is 103 Å². The third-order valence-corrected chi connectivity index (χ3v) is 2.81. The second-order valence-corrected chi connectivity index (χ2v) is 4.28. The Kier molecular flexibility index (Phi) is 7.96. The van der Waals surface area contributed by atoms with Crippen LogP contribution in [0.15, 0.2) is 0 Å². The van der Waals surface area contributed by atoms with Gasteiger partial charge in [-0.1, -0.05) is 19.8 Å². The third kappa shape index (κ3) is 7.31. The Morgan fingerprint density at radius 3 is 2.82 bits per heavy atom. The van der Waals surface area contributed by atoms with E-state index in [1.165, 1.54) is 0 Å². The first-order chi connectivity index (χ1) is 8.33. The first kappa shape index (κ1) is 14.4. The average molecular weight is 244 g/mol. The van der Waals surface area contributed by atoms with E-state index in [0.717, 1.165) is 52.1 Å². The van der Waals surface area contributed by atoms with Crippen molar-refractivity contribution in [3.8, 4) is 0 Å². The lowest BCUT2D eigenvalue weighted by atomic mass is 10.2. The van der Waals surface area contributed by atoms with Crippen molar-refractivity contribution in [3.63, 3.8) is 0 Å². The van der Waals surface area contributed by atoms with Crippen molar-refractivity contribution in [1.29, 1.82) is 0 Å². The van der Waals surface area contributed by atoms with E-state index >= 15 is 0 Å². The Morgan fingerprint density at radius 1 is 1.35 bits per heavy atom. The van der Waals surface area contributed by atoms with Crippen LogP contribution in [-0.4, -0.2) is 50.3 Å². The number of ether oxygens (including phenoxy) is 1. The minimum atomic E-state index is -0.0135. The SMILES string of the molecule is CCCCCC(=O)NOCCN1CCOCC1. The fourth-order valence-corrected chi connectivity index (χ4v) is 1.72. The van der Waals surface area contributed by atoms with Gasteiger partial charge < -0.3 is 4.74 Å². The second-order valence-electron chi connectivity index (χ2n) is 4.28. The third-order valence-electron chi connectivity index (χ3n) is 2.81. The molecule has 0 unspecified atom stereocenters. The van der Waals surface area contributed by atoms with Gasteiger partial charge in [-0.3, -0.25) is 14.5 Å². The molecule has 1 aliphatic rings. The quantitative estimate of drug-likeness (QED) is 0.510. The van der Waals surface area contributed by atoms with Gasteiger partial charge in [0.15, 0.2) is 0 Å². The molecule has 1 rings (SSSR count). The molecule has 17 heavy (non-hydrogen) atoms. The Balaban J connectivity index is 1.90. The van der Waals surface area contributed by atoms with Crippen molar-refractivity contribution in [3.05, 3.63) is 0 Å². The van der Waals surface area contributed by atoms with Crippen LogP contribution in [0.3, 0.4) is 0 Å². The molecule has 1 N–H and O–H groups in total. The topological polar surface area (TPSA) is 50.8 Å². The Hall–Kier alpha value is -0.650. The van der Waals surface area contributed by atoms with Crippen LogP contribution in [0.25, 0.3) is 0 Å². The van der Waals surface area contributed by atoms with Crippen molar-refractivity contribution in [2.24, 2.45) is 0 Å². The highest BCUT2D eigenvalue weighted by atomic mass is 16.7. The van der Waals surface area contributed by atoms with Gasteiger partial charge in [0, 0.05) is 26.1 Å². The van der Waals surface area contributed by atoms with Gasteiger partial charge in [-0.25, -0.2) is 5.48 Å². The van der Waals surface area contributed by atoms with Crippen LogP contribution in [-0.2, 0) is 14.4 Å². The minimum absolute atomic E-state index is 0.0135. The molecular formula is C12H24N2O3. The number of rotatable bonds is 8. The number of hydrogen-bond donors (Lipinski definition) is 1. The summed E-state index contributed by atoms with van der Waals surface area (Å²) in [5, 5.41) is 0. The van der Waals surface area contributed by atoms with Crippen LogP contribution in [0.1, 0.15) is 32.6 Å². The summed E-state index contributed by atoms with van der Waals surface area (Å²) in [6.07, 6.45) is 3.73. The lowest BCUT2D eigenvalue weighted by Gasteiger charge is -2.26. The van der Waals surface area contributed by atoms with E-state index in [2.05, 4.69) is 17.3 Å². The second kappa shape index (κ2) is 9.39. The maximum absolute atomic E-state index is 11.3. The fourth-order valence-electron chi connectivity index (χ4n) is 1.72. The maximum Gasteiger partial charge on any atom is 0.243 e. The summed E-state index contributed by atoms with van der Waals surface area (Å²) >= 11 is 0. The summed E-state index contributed by atoms with van der Waals surface area (Å²) in [7, 11) is 0. The number of amides is 1. The predicted molar refractivity (Wildman–Crippen MR) is 65.5 cm³/mol. The summed E-state index contributed by atoms with van der Waals surface area (Å²) in [6, 6.07) is 0. The number of hydrogen-bond acceptors (Lipinski definition) is 4. The summed E-state index contributed by atoms with van der Waals surface area (Å²) in [6.45, 7) is 7.00. The van der Waals surface area contributed by atoms with Crippen LogP contribution in [0.2, 0.25) is 0 Å². The highest BCUT2D eigenvalue weighted by molar-refractivity contribution is 5.74. The van der Waals surface area contributed by atoms with E-state index < -0.39 is 0 Å². The van der Waals surface area contributed by atoms with E-state index in [4.69, 9.17) is 9.57 Å². The van der Waals surface area contributed by atoms with Gasteiger partial charge in [0.05, 0.1) is 19.8 Å². The van der Waals surface area contributed by atoms with Gasteiger partial charge in [0.25, 0.3) is 0 Å². The molecule has 100 valence electrons. The highest BCUT2D eigenvalue weighted by Crippen LogP contribution is 1.98. The number of unbranched alkanes of at least 4 members (excludes halogenated alkanes) is 2. The van der Waals surface area contributed by atoms with Gasteiger partial charge >= 0.3 is 0 Å². The lowest BCUT2D eigenvalue weighted by molar-refractivity contribution is -0.134. The number of morpholine rings is 1. The normalized spacial score (nSPS) is 17.0. The maximum atomic E-state index is 11.3. The molecule has 1 fully saturated rings. The first-order valence-electron chi connectivity index (χ1n) is 6.53. The molecule has 1 heterocycles. The van der Waals surface area contributed by atoms with Crippen molar-refractivity contribution < 1.29 is 14.4 Å². The monoisotopic (exact) mass is 244 g/mol. The van der Waals surface area contributed by atoms with Crippen LogP contribution in [0, 0.1) is 0 Å². The molecule has 0 bridgehead atoms. The molecule has 0 atom stereocenters. The first-order valence-corrected chi connectivity index (χ1v) is 6.53. The number of hydroxylamine groups is 1. The minimum Gasteiger partial charge on any atom is -0.379 e. The fraction of sp³-hybridized carbons (Fsp3) is 0.917. The molecule has 5 heteroatoms. The number of nitrogens with zero attached hydrogens (tertiary/aromatic N) is 1. The summed E-state index contributed by atoms with van der Waals surface area (Å²) in [5.41, 5.74) is 2.48.